The molecule has 0 saturated carbocycles. The van der Waals surface area contributed by atoms with Crippen molar-refractivity contribution >= 4 is 23.8 Å². The molecule has 2 heterocycles. The Kier molecular flexibility index (Phi) is 6.05. The van der Waals surface area contributed by atoms with Gasteiger partial charge in [-0.25, -0.2) is 9.59 Å². The standard InChI is InChI=1S/C15H22N2O7.Fm/c1-7(2)6-8(16-12(18)10-11(24-10)15(22)23)13(19)17-5-3-4-9(17)14(20)21;/h7-11H,3-6H2,1-2H3,(H,16,18)(H,20,21)(H,22,23);. The van der Waals surface area contributed by atoms with E-state index in [0.717, 1.165) is 0 Å². The number of nitrogens with one attached hydrogen (secondary N) is 1. The summed E-state index contributed by atoms with van der Waals surface area (Å²) in [5, 5.41) is 20.5. The second-order valence-electron chi connectivity index (χ2n) is 6.53. The van der Waals surface area contributed by atoms with Crippen molar-refractivity contribution in [3.8, 4) is 0 Å². The number of epoxide rings is 1. The zero-order valence-corrected chi connectivity index (χ0v) is 16.3. The molecule has 0 bridgehead atoms. The van der Waals surface area contributed by atoms with Crippen molar-refractivity contribution in [1.29, 1.82) is 0 Å². The number of aliphatic carboxylic acids is 2. The van der Waals surface area contributed by atoms with Crippen LogP contribution in [0.5, 0.6) is 0 Å². The topological polar surface area (TPSA) is 137 Å². The smallest absolute Gasteiger partial charge is 0.336 e. The van der Waals surface area contributed by atoms with Gasteiger partial charge in [0.15, 0.2) is 12.2 Å². The van der Waals surface area contributed by atoms with Crippen LogP contribution in [-0.4, -0.2) is 69.7 Å². The number of amides is 2. The molecule has 9 nitrogen and oxygen atoms in total. The summed E-state index contributed by atoms with van der Waals surface area (Å²) in [5.74, 6) is -3.32. The molecule has 0 spiro atoms. The Balaban J connectivity index is 0.00000312. The molecular weight excluding hydrogens is 577 g/mol. The van der Waals surface area contributed by atoms with Gasteiger partial charge in [0.25, 0.3) is 5.91 Å². The Morgan fingerprint density at radius 2 is 1.80 bits per heavy atom. The zero-order chi connectivity index (χ0) is 18.0. The van der Waals surface area contributed by atoms with E-state index >= 15 is 0 Å². The Morgan fingerprint density at radius 1 is 1.16 bits per heavy atom. The molecule has 0 aromatic carbocycles. The van der Waals surface area contributed by atoms with Crippen molar-refractivity contribution in [2.45, 2.75) is 57.4 Å². The summed E-state index contributed by atoms with van der Waals surface area (Å²) in [6.07, 6.45) is -0.969. The van der Waals surface area contributed by atoms with E-state index in [9.17, 15) is 24.3 Å². The molecule has 146 valence electrons. The van der Waals surface area contributed by atoms with Crippen molar-refractivity contribution in [3.05, 3.63) is 0 Å². The molecule has 10 heteroatoms. The number of likely N-dealkylation sites (tertiary alicyclic amines) is 1. The van der Waals surface area contributed by atoms with Crippen LogP contribution in [0.1, 0.15) is 33.1 Å². The molecule has 0 aromatic rings. The van der Waals surface area contributed by atoms with Gasteiger partial charge in [-0.15, -0.1) is 0 Å². The Morgan fingerprint density at radius 3 is 2.28 bits per heavy atom. The molecule has 2 rings (SSSR count). The van der Waals surface area contributed by atoms with Gasteiger partial charge in [-0.2, -0.15) is 0 Å². The second kappa shape index (κ2) is 7.61. The average molecular weight is 599 g/mol. The van der Waals surface area contributed by atoms with E-state index in [-0.39, 0.29) is 5.92 Å². The van der Waals surface area contributed by atoms with E-state index in [2.05, 4.69) is 5.32 Å². The molecular formula is C15H22FmN2O7. The van der Waals surface area contributed by atoms with Gasteiger partial charge in [0.05, 0.1) is 0 Å². The summed E-state index contributed by atoms with van der Waals surface area (Å²) in [6.45, 7) is 4.08. The number of carbonyl (C=O) groups is 4. The SMILES string of the molecule is CC(C)CC(NC(=O)C1OC1C(=O)O)C(=O)N1CCCC1C(=O)O.[Fm]. The van der Waals surface area contributed by atoms with Crippen molar-refractivity contribution in [2.24, 2.45) is 5.92 Å². The first-order valence-corrected chi connectivity index (χ1v) is 7.94. The molecule has 3 N–H and O–H groups in total. The Labute approximate surface area is 138 Å². The van der Waals surface area contributed by atoms with Gasteiger partial charge in [0.1, 0.15) is 12.1 Å². The minimum Gasteiger partial charge on any atom is -0.480 e. The normalized spacial score (nSPS) is 25.9. The largest absolute Gasteiger partial charge is 0.480 e. The predicted octanol–water partition coefficient (Wildman–Crippen LogP) is -0.555. The van der Waals surface area contributed by atoms with Crippen LogP contribution in [0.3, 0.4) is 0 Å². The molecule has 2 aliphatic heterocycles. The van der Waals surface area contributed by atoms with Gasteiger partial charge in [0, 0.05) is 6.54 Å². The van der Waals surface area contributed by atoms with Crippen LogP contribution < -0.4 is 5.32 Å². The molecule has 2 aliphatic rings. The van der Waals surface area contributed by atoms with E-state index in [1.54, 1.807) is 0 Å². The van der Waals surface area contributed by atoms with E-state index in [4.69, 9.17) is 9.84 Å². The number of carbonyl (C=O) groups excluding carboxylic acids is 2. The van der Waals surface area contributed by atoms with E-state index in [1.165, 1.54) is 4.90 Å². The number of rotatable bonds is 7. The number of nitrogens with zero attached hydrogens (tertiary/aromatic N) is 1. The number of hydrogen-bond donors (Lipinski definition) is 3. The van der Waals surface area contributed by atoms with Crippen molar-refractivity contribution in [3.63, 3.8) is 0 Å². The maximum atomic E-state index is 12.7. The summed E-state index contributed by atoms with van der Waals surface area (Å²) in [6, 6.07) is -1.77. The van der Waals surface area contributed by atoms with Crippen LogP contribution in [0, 0.1) is 5.92 Å². The summed E-state index contributed by atoms with van der Waals surface area (Å²) < 4.78 is 4.78. The third-order valence-corrected chi connectivity index (χ3v) is 4.14. The fourth-order valence-corrected chi connectivity index (χ4v) is 2.93. The molecule has 2 amide bonds. The van der Waals surface area contributed by atoms with Gasteiger partial charge in [-0.1, -0.05) is 13.8 Å². The number of carboxylic acid groups (broad SMARTS) is 2. The first-order chi connectivity index (χ1) is 11.2. The average Bonchev–Trinajstić information content (AvgIpc) is 3.14. The zero-order valence-electron chi connectivity index (χ0n) is 13.9. The number of hydrogen-bond acceptors (Lipinski definition) is 5. The van der Waals surface area contributed by atoms with Crippen LogP contribution in [0.4, 0.5) is 0 Å². The first kappa shape index (κ1) is 19.9. The second-order valence-corrected chi connectivity index (χ2v) is 6.53. The molecule has 0 aromatic heterocycles. The fourth-order valence-electron chi connectivity index (χ4n) is 2.93. The molecule has 2 fully saturated rings. The number of ether oxygens (including phenoxy) is 1. The van der Waals surface area contributed by atoms with Crippen molar-refractivity contribution in [1.82, 2.24) is 10.2 Å². The van der Waals surface area contributed by atoms with Gasteiger partial charge < -0.3 is 25.2 Å². The third-order valence-electron chi connectivity index (χ3n) is 4.14. The fraction of sp³-hybridized carbons (Fsp3) is 0.733. The van der Waals surface area contributed by atoms with Crippen molar-refractivity contribution < 1.29 is 34.1 Å². The Hall–Kier alpha value is -3.16. The van der Waals surface area contributed by atoms with Gasteiger partial charge in [-0.05, 0) is 25.2 Å². The summed E-state index contributed by atoms with van der Waals surface area (Å²) in [7, 11) is 0. The van der Waals surface area contributed by atoms with Crippen LogP contribution in [0.15, 0.2) is 0 Å². The minimum atomic E-state index is -1.23. The minimum absolute atomic E-state index is 0. The van der Waals surface area contributed by atoms with Crippen LogP contribution in [0.25, 0.3) is 0 Å². The molecule has 4 atom stereocenters. The van der Waals surface area contributed by atoms with Crippen molar-refractivity contribution in [2.75, 3.05) is 6.54 Å². The number of carboxylic acids is 2. The van der Waals surface area contributed by atoms with Gasteiger partial charge in [0.2, 0.25) is 5.91 Å². The molecule has 4 unspecified atom stereocenters. The molecule has 0 radical (unpaired) electrons. The van der Waals surface area contributed by atoms with Crippen LogP contribution in [-0.2, 0) is 23.9 Å². The summed E-state index contributed by atoms with van der Waals surface area (Å²) >= 11 is 0. The van der Waals surface area contributed by atoms with Gasteiger partial charge >= 0.3 is 11.9 Å². The van der Waals surface area contributed by atoms with E-state index < -0.39 is 48.0 Å². The maximum Gasteiger partial charge on any atom is 0.336 e. The molecule has 25 heavy (non-hydrogen) atoms. The Bertz CT molecular complexity index is 554. The van der Waals surface area contributed by atoms with E-state index in [1.807, 2.05) is 13.8 Å². The maximum absolute atomic E-state index is 12.7. The third kappa shape index (κ3) is 4.43. The molecule has 0 aliphatic carbocycles. The summed E-state index contributed by atoms with van der Waals surface area (Å²) in [5.41, 5.74) is 0. The summed E-state index contributed by atoms with van der Waals surface area (Å²) in [4.78, 5) is 48.0. The van der Waals surface area contributed by atoms with Crippen LogP contribution in [0.2, 0.25) is 0 Å². The predicted molar refractivity (Wildman–Crippen MR) is 80.1 cm³/mol. The van der Waals surface area contributed by atoms with Crippen LogP contribution >= 0.6 is 0 Å². The molecule has 2 saturated heterocycles. The monoisotopic (exact) mass is 599 g/mol. The van der Waals surface area contributed by atoms with Gasteiger partial charge in [-0.3, -0.25) is 9.59 Å². The quantitative estimate of drug-likeness (QED) is 0.334. The van der Waals surface area contributed by atoms with E-state index in [0.29, 0.717) is 25.8 Å². The first-order valence-electron chi connectivity index (χ1n) is 7.94.